The van der Waals surface area contributed by atoms with Gasteiger partial charge in [0.05, 0.1) is 11.6 Å². The second-order valence-electron chi connectivity index (χ2n) is 8.31. The monoisotopic (exact) mass is 430 g/mol. The molecule has 3 aromatic rings. The largest absolute Gasteiger partial charge is 0.361 e. The maximum absolute atomic E-state index is 12.4. The van der Waals surface area contributed by atoms with Gasteiger partial charge in [-0.3, -0.25) is 9.59 Å². The van der Waals surface area contributed by atoms with Gasteiger partial charge in [-0.25, -0.2) is 0 Å². The molecule has 1 aliphatic rings. The number of carbonyl (C=O) groups excluding carboxylic acids is 2. The minimum absolute atomic E-state index is 0.0208. The van der Waals surface area contributed by atoms with Crippen molar-refractivity contribution in [1.29, 1.82) is 5.41 Å². The van der Waals surface area contributed by atoms with Crippen molar-refractivity contribution in [2.45, 2.75) is 47.5 Å². The summed E-state index contributed by atoms with van der Waals surface area (Å²) in [6.07, 6.45) is 0. The maximum Gasteiger partial charge on any atom is 0.161 e. The van der Waals surface area contributed by atoms with E-state index in [0.717, 1.165) is 44.6 Å². The number of nitrogens with one attached hydrogen (secondary N) is 2. The van der Waals surface area contributed by atoms with Crippen molar-refractivity contribution >= 4 is 38.7 Å². The lowest BCUT2D eigenvalue weighted by Gasteiger charge is -2.21. The fourth-order valence-electron chi connectivity index (χ4n) is 5.09. The summed E-state index contributed by atoms with van der Waals surface area (Å²) in [5.74, 6) is -0.257. The number of benzene rings is 1. The summed E-state index contributed by atoms with van der Waals surface area (Å²) >= 11 is 1.67. The van der Waals surface area contributed by atoms with Gasteiger partial charge in [-0.2, -0.15) is 0 Å². The van der Waals surface area contributed by atoms with Crippen LogP contribution in [0.25, 0.3) is 10.1 Å². The normalized spacial score (nSPS) is 15.4. The zero-order valence-corrected chi connectivity index (χ0v) is 19.5. The molecule has 4 rings (SSSR count). The molecule has 1 atom stereocenters. The minimum atomic E-state index is -0.262. The first-order chi connectivity index (χ1) is 14.6. The van der Waals surface area contributed by atoms with Crippen molar-refractivity contribution in [3.8, 4) is 0 Å². The van der Waals surface area contributed by atoms with E-state index in [2.05, 4.69) is 22.5 Å². The van der Waals surface area contributed by atoms with Crippen LogP contribution in [0.4, 0.5) is 0 Å². The van der Waals surface area contributed by atoms with Gasteiger partial charge in [0.2, 0.25) is 0 Å². The van der Waals surface area contributed by atoms with Crippen LogP contribution in [0.5, 0.6) is 0 Å². The summed E-state index contributed by atoms with van der Waals surface area (Å²) < 4.78 is 1.18. The summed E-state index contributed by atoms with van der Waals surface area (Å²) in [6, 6.07) is 8.25. The second kappa shape index (κ2) is 7.57. The Morgan fingerprint density at radius 2 is 1.68 bits per heavy atom. The SMILES string of the molecule is CC(=O)C1=C(C)C(=N)C(C(c2[nH]c(C)c(C(C)=O)c2C)c2csc3ccccc23)=C1C. The van der Waals surface area contributed by atoms with E-state index in [4.69, 9.17) is 5.41 Å². The zero-order chi connectivity index (χ0) is 22.6. The number of hydrogen-bond acceptors (Lipinski definition) is 4. The van der Waals surface area contributed by atoms with Gasteiger partial charge in [-0.05, 0) is 86.2 Å². The topological polar surface area (TPSA) is 73.8 Å². The summed E-state index contributed by atoms with van der Waals surface area (Å²) in [4.78, 5) is 28.2. The van der Waals surface area contributed by atoms with Crippen LogP contribution in [-0.2, 0) is 4.79 Å². The van der Waals surface area contributed by atoms with Crippen LogP contribution in [0.1, 0.15) is 66.5 Å². The van der Waals surface area contributed by atoms with Crippen LogP contribution in [0.15, 0.2) is 51.9 Å². The Morgan fingerprint density at radius 3 is 2.26 bits per heavy atom. The lowest BCUT2D eigenvalue weighted by Crippen LogP contribution is -2.13. The predicted molar refractivity (Wildman–Crippen MR) is 128 cm³/mol. The van der Waals surface area contributed by atoms with Gasteiger partial charge in [-0.15, -0.1) is 11.3 Å². The Morgan fingerprint density at radius 1 is 1.00 bits per heavy atom. The second-order valence-corrected chi connectivity index (χ2v) is 9.22. The van der Waals surface area contributed by atoms with Crippen LogP contribution >= 0.6 is 11.3 Å². The molecule has 0 saturated carbocycles. The highest BCUT2D eigenvalue weighted by molar-refractivity contribution is 7.17. The number of carbonyl (C=O) groups is 2. The van der Waals surface area contributed by atoms with Gasteiger partial charge >= 0.3 is 0 Å². The Labute approximate surface area is 186 Å². The lowest BCUT2D eigenvalue weighted by atomic mass is 9.82. The first-order valence-electron chi connectivity index (χ1n) is 10.3. The minimum Gasteiger partial charge on any atom is -0.361 e. The van der Waals surface area contributed by atoms with E-state index in [0.29, 0.717) is 16.8 Å². The fourth-order valence-corrected chi connectivity index (χ4v) is 6.07. The Hall–Kier alpha value is -3.05. The molecule has 1 aliphatic carbocycles. The summed E-state index contributed by atoms with van der Waals surface area (Å²) in [7, 11) is 0. The van der Waals surface area contributed by atoms with E-state index in [1.54, 1.807) is 25.2 Å². The third-order valence-corrected chi connectivity index (χ3v) is 7.36. The molecular weight excluding hydrogens is 404 g/mol. The maximum atomic E-state index is 12.4. The van der Waals surface area contributed by atoms with Gasteiger partial charge in [0.25, 0.3) is 0 Å². The smallest absolute Gasteiger partial charge is 0.161 e. The molecule has 5 heteroatoms. The number of thiophene rings is 1. The van der Waals surface area contributed by atoms with Gasteiger partial charge in [-0.1, -0.05) is 18.2 Å². The quantitative estimate of drug-likeness (QED) is 0.457. The molecule has 0 spiro atoms. The fraction of sp³-hybridized carbons (Fsp3) is 0.269. The van der Waals surface area contributed by atoms with Gasteiger partial charge < -0.3 is 10.4 Å². The average Bonchev–Trinajstić information content (AvgIpc) is 3.31. The van der Waals surface area contributed by atoms with E-state index in [1.807, 2.05) is 39.8 Å². The average molecular weight is 431 g/mol. The van der Waals surface area contributed by atoms with E-state index < -0.39 is 0 Å². The van der Waals surface area contributed by atoms with Crippen LogP contribution < -0.4 is 0 Å². The van der Waals surface area contributed by atoms with Gasteiger partial charge in [0.1, 0.15) is 0 Å². The molecule has 0 amide bonds. The highest BCUT2D eigenvalue weighted by Gasteiger charge is 2.36. The molecule has 0 aliphatic heterocycles. The van der Waals surface area contributed by atoms with Crippen LogP contribution in [0.2, 0.25) is 0 Å². The number of Topliss-reactive ketones (excluding diaryl/α,β-unsaturated/α-hetero) is 2. The number of hydrogen-bond donors (Lipinski definition) is 2. The third kappa shape index (κ3) is 3.15. The number of aromatic amines is 1. The molecule has 0 bridgehead atoms. The number of aromatic nitrogens is 1. The summed E-state index contributed by atoms with van der Waals surface area (Å²) in [5.41, 5.74) is 7.92. The van der Waals surface area contributed by atoms with E-state index >= 15 is 0 Å². The summed E-state index contributed by atoms with van der Waals surface area (Å²) in [6.45, 7) is 10.8. The van der Waals surface area contributed by atoms with E-state index in [-0.39, 0.29) is 17.5 Å². The molecule has 4 nitrogen and oxygen atoms in total. The van der Waals surface area contributed by atoms with Gasteiger partial charge in [0, 0.05) is 27.2 Å². The molecule has 2 N–H and O–H groups in total. The number of H-pyrrole nitrogens is 1. The number of allylic oxidation sites excluding steroid dienone is 4. The molecule has 1 unspecified atom stereocenters. The van der Waals surface area contributed by atoms with Crippen LogP contribution in [0, 0.1) is 19.3 Å². The first-order valence-corrected chi connectivity index (χ1v) is 11.2. The molecule has 1 aromatic carbocycles. The molecule has 0 fully saturated rings. The molecular formula is C26H26N2O2S. The number of aryl methyl sites for hydroxylation is 1. The predicted octanol–water partition coefficient (Wildman–Crippen LogP) is 6.44. The molecule has 31 heavy (non-hydrogen) atoms. The highest BCUT2D eigenvalue weighted by Crippen LogP contribution is 2.46. The molecule has 2 aromatic heterocycles. The van der Waals surface area contributed by atoms with Crippen LogP contribution in [0.3, 0.4) is 0 Å². The van der Waals surface area contributed by atoms with Crippen molar-refractivity contribution in [3.63, 3.8) is 0 Å². The lowest BCUT2D eigenvalue weighted by molar-refractivity contribution is -0.113. The van der Waals surface area contributed by atoms with Crippen molar-refractivity contribution in [3.05, 3.63) is 80.0 Å². The van der Waals surface area contributed by atoms with Crippen molar-refractivity contribution in [1.82, 2.24) is 4.98 Å². The molecule has 158 valence electrons. The van der Waals surface area contributed by atoms with Crippen molar-refractivity contribution in [2.75, 3.05) is 0 Å². The molecule has 2 heterocycles. The van der Waals surface area contributed by atoms with E-state index in [9.17, 15) is 9.59 Å². The van der Waals surface area contributed by atoms with Crippen molar-refractivity contribution in [2.24, 2.45) is 0 Å². The summed E-state index contributed by atoms with van der Waals surface area (Å²) in [5, 5.41) is 12.2. The number of rotatable bonds is 5. The van der Waals surface area contributed by atoms with Gasteiger partial charge in [0.15, 0.2) is 11.6 Å². The van der Waals surface area contributed by atoms with Crippen LogP contribution in [-0.4, -0.2) is 22.3 Å². The zero-order valence-electron chi connectivity index (χ0n) is 18.7. The van der Waals surface area contributed by atoms with E-state index in [1.165, 1.54) is 4.70 Å². The standard InChI is InChI=1S/C26H26N2O2S/c1-12-21(16(5)29)13(2)25(27)23(12)24(19-11-31-20-10-8-7-9-18(19)20)26-14(3)22(17(6)30)15(4)28-26/h7-11,24,27-28H,1-6H3. The Kier molecular flexibility index (Phi) is 5.18. The Balaban J connectivity index is 2.06. The van der Waals surface area contributed by atoms with Crippen molar-refractivity contribution < 1.29 is 9.59 Å². The first kappa shape index (κ1) is 21.2. The number of ketones is 2. The third-order valence-electron chi connectivity index (χ3n) is 6.38. The Bertz CT molecular complexity index is 1350. The molecule has 0 radical (unpaired) electrons. The highest BCUT2D eigenvalue weighted by atomic mass is 32.1. The number of fused-ring (bicyclic) bond motifs is 1. The molecule has 0 saturated heterocycles.